The first-order valence-corrected chi connectivity index (χ1v) is 5.92. The number of nitrogens with zero attached hydrogens (tertiary/aromatic N) is 2. The van der Waals surface area contributed by atoms with Crippen molar-refractivity contribution in [1.82, 2.24) is 10.3 Å². The molecule has 1 N–H and O–H groups in total. The van der Waals surface area contributed by atoms with E-state index in [0.717, 1.165) is 11.4 Å². The van der Waals surface area contributed by atoms with Crippen LogP contribution in [-0.2, 0) is 0 Å². The van der Waals surface area contributed by atoms with Crippen molar-refractivity contribution in [3.8, 4) is 0 Å². The lowest BCUT2D eigenvalue weighted by Crippen LogP contribution is -2.38. The summed E-state index contributed by atoms with van der Waals surface area (Å²) < 4.78 is 38.5. The average molecular weight is 259 g/mol. The van der Waals surface area contributed by atoms with E-state index in [-0.39, 0.29) is 13.1 Å². The Labute approximate surface area is 104 Å². The van der Waals surface area contributed by atoms with Crippen molar-refractivity contribution in [3.05, 3.63) is 24.0 Å². The molecule has 18 heavy (non-hydrogen) atoms. The van der Waals surface area contributed by atoms with E-state index in [1.807, 2.05) is 13.0 Å². The van der Waals surface area contributed by atoms with Gasteiger partial charge in [-0.1, -0.05) is 0 Å². The molecule has 0 bridgehead atoms. The Balaban J connectivity index is 2.20. The molecule has 1 aromatic rings. The zero-order valence-electron chi connectivity index (χ0n) is 10.2. The molecule has 0 spiro atoms. The molecule has 3 nitrogen and oxygen atoms in total. The average Bonchev–Trinajstić information content (AvgIpc) is 2.54. The molecule has 0 aliphatic carbocycles. The van der Waals surface area contributed by atoms with Gasteiger partial charge in [-0.3, -0.25) is 4.98 Å². The predicted molar refractivity (Wildman–Crippen MR) is 63.6 cm³/mol. The van der Waals surface area contributed by atoms with Gasteiger partial charge in [0.05, 0.1) is 17.3 Å². The summed E-state index contributed by atoms with van der Waals surface area (Å²) in [5.41, 5.74) is 1.55. The number of anilines is 1. The minimum atomic E-state index is -4.16. The summed E-state index contributed by atoms with van der Waals surface area (Å²) in [7, 11) is 0. The van der Waals surface area contributed by atoms with Crippen LogP contribution in [0.2, 0.25) is 0 Å². The van der Waals surface area contributed by atoms with Crippen molar-refractivity contribution in [2.75, 3.05) is 31.1 Å². The number of hydrogen-bond acceptors (Lipinski definition) is 3. The fourth-order valence-electron chi connectivity index (χ4n) is 2.16. The maximum absolute atomic E-state index is 12.8. The molecule has 0 amide bonds. The molecule has 1 aromatic heterocycles. The molecular formula is C12H16F3N3. The van der Waals surface area contributed by atoms with Crippen LogP contribution >= 0.6 is 0 Å². The van der Waals surface area contributed by atoms with Gasteiger partial charge in [0.1, 0.15) is 0 Å². The summed E-state index contributed by atoms with van der Waals surface area (Å²) in [6.45, 7) is 2.92. The number of rotatable bonds is 1. The van der Waals surface area contributed by atoms with E-state index >= 15 is 0 Å². The Bertz CT molecular complexity index is 406. The van der Waals surface area contributed by atoms with Crippen LogP contribution in [0.1, 0.15) is 5.69 Å². The van der Waals surface area contributed by atoms with Crippen LogP contribution in [-0.4, -0.2) is 37.3 Å². The molecular weight excluding hydrogens is 243 g/mol. The minimum Gasteiger partial charge on any atom is -0.368 e. The molecule has 1 atom stereocenters. The second kappa shape index (κ2) is 5.14. The third kappa shape index (κ3) is 2.93. The molecule has 0 saturated carbocycles. The maximum atomic E-state index is 12.8. The van der Waals surface area contributed by atoms with Gasteiger partial charge in [-0.15, -0.1) is 0 Å². The molecule has 6 heteroatoms. The molecule has 1 unspecified atom stereocenters. The van der Waals surface area contributed by atoms with Crippen molar-refractivity contribution >= 4 is 5.69 Å². The molecule has 1 aliphatic heterocycles. The van der Waals surface area contributed by atoms with Crippen molar-refractivity contribution in [3.63, 3.8) is 0 Å². The van der Waals surface area contributed by atoms with E-state index in [4.69, 9.17) is 0 Å². The highest BCUT2D eigenvalue weighted by molar-refractivity contribution is 5.50. The summed E-state index contributed by atoms with van der Waals surface area (Å²) >= 11 is 0. The normalized spacial score (nSPS) is 21.8. The highest BCUT2D eigenvalue weighted by Gasteiger charge is 2.41. The third-order valence-electron chi connectivity index (χ3n) is 3.17. The lowest BCUT2D eigenvalue weighted by atomic mass is 10.1. The highest BCUT2D eigenvalue weighted by atomic mass is 19.4. The lowest BCUT2D eigenvalue weighted by Gasteiger charge is -2.27. The summed E-state index contributed by atoms with van der Waals surface area (Å²) in [5.74, 6) is -1.33. The van der Waals surface area contributed by atoms with Gasteiger partial charge in [0.25, 0.3) is 0 Å². The summed E-state index contributed by atoms with van der Waals surface area (Å²) in [4.78, 5) is 5.89. The van der Waals surface area contributed by atoms with Crippen molar-refractivity contribution in [1.29, 1.82) is 0 Å². The Morgan fingerprint density at radius 2 is 2.22 bits per heavy atom. The van der Waals surface area contributed by atoms with Crippen LogP contribution in [0.25, 0.3) is 0 Å². The van der Waals surface area contributed by atoms with Crippen molar-refractivity contribution in [2.45, 2.75) is 13.1 Å². The maximum Gasteiger partial charge on any atom is 0.394 e. The summed E-state index contributed by atoms with van der Waals surface area (Å²) in [6, 6.07) is 3.57. The van der Waals surface area contributed by atoms with Gasteiger partial charge in [0, 0.05) is 32.4 Å². The van der Waals surface area contributed by atoms with Crippen LogP contribution in [0.5, 0.6) is 0 Å². The fraction of sp³-hybridized carbons (Fsp3) is 0.583. The van der Waals surface area contributed by atoms with Gasteiger partial charge in [0.2, 0.25) is 0 Å². The lowest BCUT2D eigenvalue weighted by molar-refractivity contribution is -0.169. The largest absolute Gasteiger partial charge is 0.394 e. The van der Waals surface area contributed by atoms with Crippen LogP contribution in [0.3, 0.4) is 0 Å². The molecule has 100 valence electrons. The first-order valence-electron chi connectivity index (χ1n) is 5.92. The van der Waals surface area contributed by atoms with E-state index < -0.39 is 12.1 Å². The Kier molecular flexibility index (Phi) is 3.75. The standard InChI is InChI=1S/C12H16F3N3/c1-9-11(3-2-4-17-9)18-6-5-16-7-10(8-18)12(13,14)15/h2-4,10,16H,5-8H2,1H3. The number of alkyl halides is 3. The fourth-order valence-corrected chi connectivity index (χ4v) is 2.16. The molecule has 2 rings (SSSR count). The van der Waals surface area contributed by atoms with E-state index in [1.54, 1.807) is 17.2 Å². The Morgan fingerprint density at radius 1 is 1.44 bits per heavy atom. The van der Waals surface area contributed by atoms with E-state index in [0.29, 0.717) is 13.1 Å². The van der Waals surface area contributed by atoms with Gasteiger partial charge >= 0.3 is 6.18 Å². The predicted octanol–water partition coefficient (Wildman–Crippen LogP) is 1.98. The van der Waals surface area contributed by atoms with Crippen LogP contribution in [0, 0.1) is 12.8 Å². The number of hydrogen-bond donors (Lipinski definition) is 1. The second-order valence-corrected chi connectivity index (χ2v) is 4.50. The Hall–Kier alpha value is -1.30. The number of aryl methyl sites for hydroxylation is 1. The van der Waals surface area contributed by atoms with Crippen molar-refractivity contribution in [2.24, 2.45) is 5.92 Å². The smallest absolute Gasteiger partial charge is 0.368 e. The Morgan fingerprint density at radius 3 is 2.89 bits per heavy atom. The van der Waals surface area contributed by atoms with E-state index in [2.05, 4.69) is 10.3 Å². The van der Waals surface area contributed by atoms with Gasteiger partial charge in [-0.05, 0) is 19.1 Å². The number of aromatic nitrogens is 1. The van der Waals surface area contributed by atoms with E-state index in [1.165, 1.54) is 0 Å². The highest BCUT2D eigenvalue weighted by Crippen LogP contribution is 2.29. The monoisotopic (exact) mass is 259 g/mol. The second-order valence-electron chi connectivity index (χ2n) is 4.50. The zero-order valence-corrected chi connectivity index (χ0v) is 10.2. The van der Waals surface area contributed by atoms with Gasteiger partial charge in [0.15, 0.2) is 0 Å². The molecule has 1 fully saturated rings. The molecule has 1 saturated heterocycles. The van der Waals surface area contributed by atoms with Crippen LogP contribution in [0.4, 0.5) is 18.9 Å². The molecule has 1 aliphatic rings. The molecule has 2 heterocycles. The summed E-state index contributed by atoms with van der Waals surface area (Å²) in [5, 5.41) is 2.84. The molecule has 0 aromatic carbocycles. The van der Waals surface area contributed by atoms with Crippen molar-refractivity contribution < 1.29 is 13.2 Å². The SMILES string of the molecule is Cc1ncccc1N1CCNCC(C(F)(F)F)C1. The first kappa shape index (κ1) is 13.1. The quantitative estimate of drug-likeness (QED) is 0.836. The van der Waals surface area contributed by atoms with Crippen LogP contribution < -0.4 is 10.2 Å². The van der Waals surface area contributed by atoms with Gasteiger partial charge in [-0.25, -0.2) is 0 Å². The number of halogens is 3. The third-order valence-corrected chi connectivity index (χ3v) is 3.17. The topological polar surface area (TPSA) is 28.2 Å². The first-order chi connectivity index (χ1) is 8.48. The number of pyridine rings is 1. The number of nitrogens with one attached hydrogen (secondary N) is 1. The zero-order chi connectivity index (χ0) is 13.2. The summed E-state index contributed by atoms with van der Waals surface area (Å²) in [6.07, 6.45) is -2.51. The van der Waals surface area contributed by atoms with E-state index in [9.17, 15) is 13.2 Å². The van der Waals surface area contributed by atoms with Gasteiger partial charge < -0.3 is 10.2 Å². The van der Waals surface area contributed by atoms with Crippen LogP contribution in [0.15, 0.2) is 18.3 Å². The minimum absolute atomic E-state index is 0.0109. The molecule has 0 radical (unpaired) electrons. The van der Waals surface area contributed by atoms with Gasteiger partial charge in [-0.2, -0.15) is 13.2 Å².